The average Bonchev–Trinajstić information content (AvgIpc) is 2.37. The van der Waals surface area contributed by atoms with Crippen molar-refractivity contribution in [2.24, 2.45) is 0 Å². The van der Waals surface area contributed by atoms with Gasteiger partial charge in [-0.2, -0.15) is 0 Å². The molecule has 1 fully saturated rings. The van der Waals surface area contributed by atoms with Gasteiger partial charge in [-0.25, -0.2) is 9.97 Å². The maximum atomic E-state index is 5.54. The molecule has 1 aliphatic heterocycles. The van der Waals surface area contributed by atoms with E-state index in [1.807, 2.05) is 6.20 Å². The summed E-state index contributed by atoms with van der Waals surface area (Å²) in [6.07, 6.45) is 3.46. The summed E-state index contributed by atoms with van der Waals surface area (Å²) in [5.41, 5.74) is 0. The van der Waals surface area contributed by atoms with Crippen molar-refractivity contribution in [2.75, 3.05) is 37.7 Å². The van der Waals surface area contributed by atoms with E-state index in [0.717, 1.165) is 42.2 Å². The van der Waals surface area contributed by atoms with Crippen LogP contribution in [0.5, 0.6) is 0 Å². The number of morpholine rings is 1. The van der Waals surface area contributed by atoms with Crippen molar-refractivity contribution in [2.45, 2.75) is 13.0 Å². The van der Waals surface area contributed by atoms with Crippen LogP contribution in [0.4, 0.5) is 5.82 Å². The van der Waals surface area contributed by atoms with Crippen LogP contribution in [0.25, 0.3) is 0 Å². The van der Waals surface area contributed by atoms with Crippen LogP contribution in [-0.2, 0) is 4.74 Å². The number of rotatable bonds is 4. The number of ether oxygens (including phenoxy) is 1. The molecule has 1 saturated heterocycles. The molecule has 94 valence electrons. The molecule has 6 heteroatoms. The number of aromatic nitrogens is 2. The molecule has 2 heterocycles. The summed E-state index contributed by atoms with van der Waals surface area (Å²) in [5, 5.41) is 3.37. The molecule has 1 aromatic rings. The lowest BCUT2D eigenvalue weighted by atomic mass is 10.2. The van der Waals surface area contributed by atoms with Crippen LogP contribution in [0.2, 0.25) is 0 Å². The third-order valence-electron chi connectivity index (χ3n) is 2.78. The minimum absolute atomic E-state index is 0.354. The Morgan fingerprint density at radius 1 is 1.65 bits per heavy atom. The molecule has 0 spiro atoms. The number of hydrogen-bond donors (Lipinski definition) is 1. The van der Waals surface area contributed by atoms with Gasteiger partial charge in [0, 0.05) is 19.3 Å². The zero-order chi connectivity index (χ0) is 12.1. The summed E-state index contributed by atoms with van der Waals surface area (Å²) in [6, 6.07) is 0.354. The van der Waals surface area contributed by atoms with E-state index in [0.29, 0.717) is 6.04 Å². The van der Waals surface area contributed by atoms with Gasteiger partial charge in [0.05, 0.1) is 22.8 Å². The molecule has 1 atom stereocenters. The Bertz CT molecular complexity index is 363. The highest BCUT2D eigenvalue weighted by atomic mass is 127. The second-order valence-corrected chi connectivity index (χ2v) is 5.09. The summed E-state index contributed by atoms with van der Waals surface area (Å²) >= 11 is 2.28. The quantitative estimate of drug-likeness (QED) is 0.820. The zero-order valence-electron chi connectivity index (χ0n) is 9.90. The number of nitrogens with one attached hydrogen (secondary N) is 1. The molecule has 1 unspecified atom stereocenters. The van der Waals surface area contributed by atoms with E-state index in [2.05, 4.69) is 49.7 Å². The number of anilines is 1. The molecule has 5 nitrogen and oxygen atoms in total. The van der Waals surface area contributed by atoms with Crippen molar-refractivity contribution in [3.05, 3.63) is 16.1 Å². The lowest BCUT2D eigenvalue weighted by Gasteiger charge is -2.36. The van der Waals surface area contributed by atoms with Gasteiger partial charge in [0.25, 0.3) is 0 Å². The molecular formula is C11H17IN4O. The molecule has 0 bridgehead atoms. The Balaban J connectivity index is 2.13. The predicted molar refractivity (Wildman–Crippen MR) is 75.2 cm³/mol. The van der Waals surface area contributed by atoms with Crippen LogP contribution in [0.3, 0.4) is 0 Å². The molecular weight excluding hydrogens is 331 g/mol. The summed E-state index contributed by atoms with van der Waals surface area (Å²) < 4.78 is 6.63. The first kappa shape index (κ1) is 13.0. The van der Waals surface area contributed by atoms with Crippen LogP contribution in [0.1, 0.15) is 6.92 Å². The van der Waals surface area contributed by atoms with E-state index in [1.54, 1.807) is 6.33 Å². The Morgan fingerprint density at radius 3 is 3.29 bits per heavy atom. The minimum Gasteiger partial charge on any atom is -0.377 e. The van der Waals surface area contributed by atoms with Crippen LogP contribution in [-0.4, -0.2) is 48.9 Å². The van der Waals surface area contributed by atoms with E-state index in [9.17, 15) is 0 Å². The molecule has 0 radical (unpaired) electrons. The Morgan fingerprint density at radius 2 is 2.53 bits per heavy atom. The number of hydrogen-bond acceptors (Lipinski definition) is 5. The number of halogens is 1. The lowest BCUT2D eigenvalue weighted by molar-refractivity contribution is 0.0934. The molecule has 17 heavy (non-hydrogen) atoms. The highest BCUT2D eigenvalue weighted by molar-refractivity contribution is 14.1. The predicted octanol–water partition coefficient (Wildman–Crippen LogP) is 0.896. The van der Waals surface area contributed by atoms with Crippen molar-refractivity contribution in [1.29, 1.82) is 0 Å². The molecule has 0 saturated carbocycles. The summed E-state index contributed by atoms with van der Waals surface area (Å²) in [6.45, 7) is 6.43. The Kier molecular flexibility index (Phi) is 4.93. The monoisotopic (exact) mass is 348 g/mol. The third-order valence-corrected chi connectivity index (χ3v) is 3.54. The van der Waals surface area contributed by atoms with E-state index < -0.39 is 0 Å². The number of nitrogens with zero attached hydrogens (tertiary/aromatic N) is 3. The van der Waals surface area contributed by atoms with Crippen LogP contribution in [0, 0.1) is 3.57 Å². The van der Waals surface area contributed by atoms with Gasteiger partial charge in [-0.3, -0.25) is 0 Å². The van der Waals surface area contributed by atoms with E-state index in [-0.39, 0.29) is 0 Å². The van der Waals surface area contributed by atoms with Gasteiger partial charge in [0.1, 0.15) is 12.1 Å². The van der Waals surface area contributed by atoms with Crippen molar-refractivity contribution in [1.82, 2.24) is 15.3 Å². The molecule has 0 amide bonds. The third kappa shape index (κ3) is 3.26. The largest absolute Gasteiger partial charge is 0.377 e. The SMILES string of the molecule is CCNCC1COCCN1c1ncncc1I. The topological polar surface area (TPSA) is 50.3 Å². The molecule has 1 aliphatic rings. The van der Waals surface area contributed by atoms with Crippen molar-refractivity contribution in [3.8, 4) is 0 Å². The summed E-state index contributed by atoms with van der Waals surface area (Å²) in [4.78, 5) is 10.7. The maximum Gasteiger partial charge on any atom is 0.145 e. The first-order valence-corrected chi connectivity index (χ1v) is 6.91. The van der Waals surface area contributed by atoms with Crippen molar-refractivity contribution < 1.29 is 4.74 Å². The molecule has 0 aromatic carbocycles. The Labute approximate surface area is 115 Å². The van der Waals surface area contributed by atoms with Gasteiger partial charge >= 0.3 is 0 Å². The standard InChI is InChI=1S/C11H17IN4O/c1-2-13-5-9-7-17-4-3-16(9)11-10(12)6-14-8-15-11/h6,8-9,13H,2-5,7H2,1H3. The van der Waals surface area contributed by atoms with Crippen LogP contribution in [0.15, 0.2) is 12.5 Å². The second kappa shape index (κ2) is 6.46. The molecule has 1 N–H and O–H groups in total. The normalized spacial score (nSPS) is 20.6. The van der Waals surface area contributed by atoms with E-state index in [4.69, 9.17) is 4.74 Å². The summed E-state index contributed by atoms with van der Waals surface area (Å²) in [7, 11) is 0. The molecule has 2 rings (SSSR count). The average molecular weight is 348 g/mol. The van der Waals surface area contributed by atoms with Gasteiger partial charge in [0.2, 0.25) is 0 Å². The maximum absolute atomic E-state index is 5.54. The highest BCUT2D eigenvalue weighted by Gasteiger charge is 2.25. The van der Waals surface area contributed by atoms with E-state index in [1.165, 1.54) is 0 Å². The van der Waals surface area contributed by atoms with Gasteiger partial charge in [-0.1, -0.05) is 6.92 Å². The first-order valence-electron chi connectivity index (χ1n) is 5.83. The van der Waals surface area contributed by atoms with Gasteiger partial charge in [-0.15, -0.1) is 0 Å². The fourth-order valence-electron chi connectivity index (χ4n) is 1.93. The summed E-state index contributed by atoms with van der Waals surface area (Å²) in [5.74, 6) is 1.02. The minimum atomic E-state index is 0.354. The zero-order valence-corrected chi connectivity index (χ0v) is 12.1. The van der Waals surface area contributed by atoms with Gasteiger partial charge in [0.15, 0.2) is 0 Å². The second-order valence-electron chi connectivity index (χ2n) is 3.92. The Hall–Kier alpha value is -0.470. The van der Waals surface area contributed by atoms with Crippen LogP contribution >= 0.6 is 22.6 Å². The molecule has 1 aromatic heterocycles. The first-order chi connectivity index (χ1) is 8.33. The highest BCUT2D eigenvalue weighted by Crippen LogP contribution is 2.21. The number of likely N-dealkylation sites (N-methyl/N-ethyl adjacent to an activating group) is 1. The van der Waals surface area contributed by atoms with Gasteiger partial charge < -0.3 is 15.0 Å². The van der Waals surface area contributed by atoms with Gasteiger partial charge in [-0.05, 0) is 29.1 Å². The van der Waals surface area contributed by atoms with E-state index >= 15 is 0 Å². The lowest BCUT2D eigenvalue weighted by Crippen LogP contribution is -2.51. The molecule has 0 aliphatic carbocycles. The van der Waals surface area contributed by atoms with Crippen molar-refractivity contribution >= 4 is 28.4 Å². The van der Waals surface area contributed by atoms with Crippen LogP contribution < -0.4 is 10.2 Å². The van der Waals surface area contributed by atoms with Crippen molar-refractivity contribution in [3.63, 3.8) is 0 Å². The fraction of sp³-hybridized carbons (Fsp3) is 0.636. The fourth-order valence-corrected chi connectivity index (χ4v) is 2.54. The smallest absolute Gasteiger partial charge is 0.145 e.